The molecule has 76 valence electrons. The molecule has 0 unspecified atom stereocenters. The highest BCUT2D eigenvalue weighted by Crippen LogP contribution is 2.09. The molecule has 0 amide bonds. The number of hydrogen-bond acceptors (Lipinski definition) is 3. The van der Waals surface area contributed by atoms with E-state index in [1.165, 1.54) is 12.8 Å². The SMILES string of the molecule is CC(=O)CCN(C)C1CCNCC1. The molecule has 0 atom stereocenters. The normalized spacial score (nSPS) is 19.3. The van der Waals surface area contributed by atoms with E-state index >= 15 is 0 Å². The minimum Gasteiger partial charge on any atom is -0.317 e. The largest absolute Gasteiger partial charge is 0.317 e. The Hall–Kier alpha value is -0.410. The number of nitrogens with zero attached hydrogens (tertiary/aromatic N) is 1. The molecule has 0 bridgehead atoms. The van der Waals surface area contributed by atoms with Crippen LogP contribution in [0.1, 0.15) is 26.2 Å². The van der Waals surface area contributed by atoms with Crippen molar-refractivity contribution in [3.8, 4) is 0 Å². The van der Waals surface area contributed by atoms with Crippen LogP contribution in [-0.4, -0.2) is 43.4 Å². The summed E-state index contributed by atoms with van der Waals surface area (Å²) < 4.78 is 0. The van der Waals surface area contributed by atoms with Gasteiger partial charge < -0.3 is 10.2 Å². The van der Waals surface area contributed by atoms with E-state index < -0.39 is 0 Å². The van der Waals surface area contributed by atoms with Crippen LogP contribution in [0.2, 0.25) is 0 Å². The van der Waals surface area contributed by atoms with Crippen molar-refractivity contribution >= 4 is 5.78 Å². The molecule has 0 aromatic heterocycles. The number of carbonyl (C=O) groups is 1. The molecule has 0 aliphatic carbocycles. The summed E-state index contributed by atoms with van der Waals surface area (Å²) in [6, 6.07) is 0.681. The van der Waals surface area contributed by atoms with Crippen molar-refractivity contribution < 1.29 is 4.79 Å². The van der Waals surface area contributed by atoms with E-state index in [2.05, 4.69) is 17.3 Å². The molecule has 1 N–H and O–H groups in total. The number of hydrogen-bond donors (Lipinski definition) is 1. The molecule has 1 fully saturated rings. The maximum absolute atomic E-state index is 10.8. The molecular formula is C10H20N2O. The Balaban J connectivity index is 2.20. The van der Waals surface area contributed by atoms with Gasteiger partial charge in [0.1, 0.15) is 5.78 Å². The van der Waals surface area contributed by atoms with Gasteiger partial charge in [-0.3, -0.25) is 4.79 Å². The summed E-state index contributed by atoms with van der Waals surface area (Å²) >= 11 is 0. The summed E-state index contributed by atoms with van der Waals surface area (Å²) in [4.78, 5) is 13.1. The molecule has 1 aliphatic heterocycles. The molecule has 0 aromatic rings. The zero-order chi connectivity index (χ0) is 9.68. The molecule has 3 nitrogen and oxygen atoms in total. The number of nitrogens with one attached hydrogen (secondary N) is 1. The van der Waals surface area contributed by atoms with Crippen LogP contribution in [0.5, 0.6) is 0 Å². The lowest BCUT2D eigenvalue weighted by molar-refractivity contribution is -0.117. The van der Waals surface area contributed by atoms with Crippen LogP contribution in [0.4, 0.5) is 0 Å². The van der Waals surface area contributed by atoms with E-state index in [0.29, 0.717) is 18.2 Å². The first kappa shape index (κ1) is 10.7. The Morgan fingerprint density at radius 3 is 2.62 bits per heavy atom. The lowest BCUT2D eigenvalue weighted by Crippen LogP contribution is -2.41. The third-order valence-corrected chi connectivity index (χ3v) is 2.75. The summed E-state index contributed by atoms with van der Waals surface area (Å²) in [5.41, 5.74) is 0. The van der Waals surface area contributed by atoms with Crippen LogP contribution in [0.15, 0.2) is 0 Å². The monoisotopic (exact) mass is 184 g/mol. The Morgan fingerprint density at radius 2 is 2.08 bits per heavy atom. The second-order valence-corrected chi connectivity index (χ2v) is 3.91. The van der Waals surface area contributed by atoms with Crippen LogP contribution in [-0.2, 0) is 4.79 Å². The topological polar surface area (TPSA) is 32.3 Å². The first-order valence-corrected chi connectivity index (χ1v) is 5.10. The van der Waals surface area contributed by atoms with Crippen molar-refractivity contribution in [2.75, 3.05) is 26.7 Å². The fourth-order valence-electron chi connectivity index (χ4n) is 1.76. The lowest BCUT2D eigenvalue weighted by atomic mass is 10.1. The highest BCUT2D eigenvalue weighted by atomic mass is 16.1. The number of Topliss-reactive ketones (excluding diaryl/α,β-unsaturated/α-hetero) is 1. The molecule has 13 heavy (non-hydrogen) atoms. The van der Waals surface area contributed by atoms with Gasteiger partial charge in [0.05, 0.1) is 0 Å². The van der Waals surface area contributed by atoms with Crippen LogP contribution < -0.4 is 5.32 Å². The number of ketones is 1. The van der Waals surface area contributed by atoms with Crippen molar-refractivity contribution in [1.29, 1.82) is 0 Å². The summed E-state index contributed by atoms with van der Waals surface area (Å²) in [6.07, 6.45) is 3.13. The Kier molecular flexibility index (Phi) is 4.39. The fourth-order valence-corrected chi connectivity index (χ4v) is 1.76. The molecule has 1 saturated heterocycles. The van der Waals surface area contributed by atoms with E-state index in [1.807, 2.05) is 0 Å². The molecule has 1 aliphatic rings. The van der Waals surface area contributed by atoms with Gasteiger partial charge in [-0.25, -0.2) is 0 Å². The van der Waals surface area contributed by atoms with E-state index in [-0.39, 0.29) is 0 Å². The average Bonchev–Trinajstić information content (AvgIpc) is 2.15. The van der Waals surface area contributed by atoms with Gasteiger partial charge >= 0.3 is 0 Å². The molecule has 0 saturated carbocycles. The second kappa shape index (κ2) is 5.35. The van der Waals surface area contributed by atoms with Gasteiger partial charge in [0.2, 0.25) is 0 Å². The van der Waals surface area contributed by atoms with Gasteiger partial charge in [-0.05, 0) is 39.9 Å². The molecular weight excluding hydrogens is 164 g/mol. The van der Waals surface area contributed by atoms with Gasteiger partial charge in [0.25, 0.3) is 0 Å². The van der Waals surface area contributed by atoms with Gasteiger partial charge in [0.15, 0.2) is 0 Å². The minimum absolute atomic E-state index is 0.292. The smallest absolute Gasteiger partial charge is 0.131 e. The van der Waals surface area contributed by atoms with Gasteiger partial charge in [0, 0.05) is 19.0 Å². The number of piperidine rings is 1. The summed E-state index contributed by atoms with van der Waals surface area (Å²) in [7, 11) is 2.12. The minimum atomic E-state index is 0.292. The van der Waals surface area contributed by atoms with Crippen molar-refractivity contribution in [3.63, 3.8) is 0 Å². The zero-order valence-corrected chi connectivity index (χ0v) is 8.68. The van der Waals surface area contributed by atoms with Crippen molar-refractivity contribution in [2.45, 2.75) is 32.2 Å². The zero-order valence-electron chi connectivity index (χ0n) is 8.68. The van der Waals surface area contributed by atoms with Crippen molar-refractivity contribution in [1.82, 2.24) is 10.2 Å². The van der Waals surface area contributed by atoms with Crippen molar-refractivity contribution in [3.05, 3.63) is 0 Å². The lowest BCUT2D eigenvalue weighted by Gasteiger charge is -2.31. The highest BCUT2D eigenvalue weighted by Gasteiger charge is 2.17. The van der Waals surface area contributed by atoms with Crippen molar-refractivity contribution in [2.24, 2.45) is 0 Å². The van der Waals surface area contributed by atoms with Crippen LogP contribution in [0, 0.1) is 0 Å². The first-order valence-electron chi connectivity index (χ1n) is 5.10. The Morgan fingerprint density at radius 1 is 1.46 bits per heavy atom. The second-order valence-electron chi connectivity index (χ2n) is 3.91. The van der Waals surface area contributed by atoms with Crippen LogP contribution >= 0.6 is 0 Å². The maximum atomic E-state index is 10.8. The van der Waals surface area contributed by atoms with E-state index in [1.54, 1.807) is 6.92 Å². The van der Waals surface area contributed by atoms with Gasteiger partial charge in [-0.15, -0.1) is 0 Å². The van der Waals surface area contributed by atoms with E-state index in [9.17, 15) is 4.79 Å². The molecule has 1 rings (SSSR count). The molecule has 0 radical (unpaired) electrons. The fraction of sp³-hybridized carbons (Fsp3) is 0.900. The third kappa shape index (κ3) is 3.87. The van der Waals surface area contributed by atoms with E-state index in [0.717, 1.165) is 19.6 Å². The molecule has 0 aromatic carbocycles. The predicted octanol–water partition coefficient (Wildman–Crippen LogP) is 0.649. The maximum Gasteiger partial charge on any atom is 0.131 e. The highest BCUT2D eigenvalue weighted by molar-refractivity contribution is 5.75. The number of rotatable bonds is 4. The van der Waals surface area contributed by atoms with Crippen LogP contribution in [0.25, 0.3) is 0 Å². The Bertz CT molecular complexity index is 164. The average molecular weight is 184 g/mol. The predicted molar refractivity (Wildman–Crippen MR) is 53.8 cm³/mol. The summed E-state index contributed by atoms with van der Waals surface area (Å²) in [5.74, 6) is 0.292. The molecule has 3 heteroatoms. The number of carbonyl (C=O) groups excluding carboxylic acids is 1. The van der Waals surface area contributed by atoms with Crippen LogP contribution in [0.3, 0.4) is 0 Å². The van der Waals surface area contributed by atoms with Gasteiger partial charge in [-0.1, -0.05) is 0 Å². The standard InChI is InChI=1S/C10H20N2O/c1-9(13)5-8-12(2)10-3-6-11-7-4-10/h10-11H,3-8H2,1-2H3. The summed E-state index contributed by atoms with van der Waals surface area (Å²) in [5, 5.41) is 3.34. The van der Waals surface area contributed by atoms with E-state index in [4.69, 9.17) is 0 Å². The van der Waals surface area contributed by atoms with Gasteiger partial charge in [-0.2, -0.15) is 0 Å². The Labute approximate surface area is 80.5 Å². The quantitative estimate of drug-likeness (QED) is 0.696. The summed E-state index contributed by atoms with van der Waals surface area (Å²) in [6.45, 7) is 4.82. The molecule has 1 heterocycles. The molecule has 0 spiro atoms. The first-order chi connectivity index (χ1) is 6.20. The third-order valence-electron chi connectivity index (χ3n) is 2.75.